The van der Waals surface area contributed by atoms with Crippen LogP contribution in [0.3, 0.4) is 0 Å². The lowest BCUT2D eigenvalue weighted by Gasteiger charge is -2.38. The van der Waals surface area contributed by atoms with Gasteiger partial charge in [-0.3, -0.25) is 4.79 Å². The fourth-order valence-corrected chi connectivity index (χ4v) is 3.93. The lowest BCUT2D eigenvalue weighted by molar-refractivity contribution is -0.116. The lowest BCUT2D eigenvalue weighted by atomic mass is 9.87. The summed E-state index contributed by atoms with van der Waals surface area (Å²) in [4.78, 5) is 26.0. The number of amides is 1. The summed E-state index contributed by atoms with van der Waals surface area (Å²) < 4.78 is 6.70. The predicted octanol–water partition coefficient (Wildman–Crippen LogP) is 4.35. The summed E-state index contributed by atoms with van der Waals surface area (Å²) >= 11 is 0. The van der Waals surface area contributed by atoms with Crippen LogP contribution in [0, 0.1) is 5.92 Å². The van der Waals surface area contributed by atoms with Gasteiger partial charge < -0.3 is 9.64 Å². The predicted molar refractivity (Wildman–Crippen MR) is 120 cm³/mol. The average molecular weight is 421 g/mol. The third-order valence-electron chi connectivity index (χ3n) is 5.31. The number of esters is 1. The van der Waals surface area contributed by atoms with Crippen molar-refractivity contribution in [2.45, 2.75) is 33.7 Å². The molecule has 4 rings (SSSR count). The smallest absolute Gasteiger partial charge is 0.337 e. The maximum absolute atomic E-state index is 12.2. The van der Waals surface area contributed by atoms with Gasteiger partial charge in [0.1, 0.15) is 5.69 Å². The first kappa shape index (κ1) is 22.2. The molecule has 0 saturated carbocycles. The van der Waals surface area contributed by atoms with Crippen molar-refractivity contribution in [3.05, 3.63) is 65.9 Å². The molecule has 2 heterocycles. The Bertz CT molecular complexity index is 1060. The van der Waals surface area contributed by atoms with Gasteiger partial charge in [0.25, 0.3) is 0 Å². The zero-order valence-electron chi connectivity index (χ0n) is 18.6. The largest absolute Gasteiger partial charge is 0.465 e. The topological polar surface area (TPSA) is 77.3 Å². The molecule has 0 N–H and O–H groups in total. The van der Waals surface area contributed by atoms with Gasteiger partial charge in [-0.2, -0.15) is 0 Å². The Morgan fingerprint density at radius 1 is 1.10 bits per heavy atom. The van der Waals surface area contributed by atoms with E-state index >= 15 is 0 Å². The minimum atomic E-state index is -0.414. The first-order valence-electron chi connectivity index (χ1n) is 10.5. The van der Waals surface area contributed by atoms with Crippen LogP contribution in [-0.4, -0.2) is 40.5 Å². The van der Waals surface area contributed by atoms with E-state index in [1.165, 1.54) is 7.11 Å². The van der Waals surface area contributed by atoms with Gasteiger partial charge in [-0.05, 0) is 18.2 Å². The number of nitrogens with zero attached hydrogens (tertiary/aromatic N) is 4. The van der Waals surface area contributed by atoms with Crippen molar-refractivity contribution in [1.82, 2.24) is 15.0 Å². The summed E-state index contributed by atoms with van der Waals surface area (Å²) in [5.41, 5.74) is 3.84. The Balaban J connectivity index is 0.00000132. The van der Waals surface area contributed by atoms with Crippen LogP contribution in [0.25, 0.3) is 11.3 Å². The molecule has 0 aliphatic carbocycles. The summed E-state index contributed by atoms with van der Waals surface area (Å²) in [6.07, 6.45) is 1.91. The second-order valence-electron chi connectivity index (χ2n) is 7.27. The average Bonchev–Trinajstić information content (AvgIpc) is 3.29. The van der Waals surface area contributed by atoms with Gasteiger partial charge in [-0.15, -0.1) is 5.10 Å². The summed E-state index contributed by atoms with van der Waals surface area (Å²) in [5.74, 6) is -0.377. The summed E-state index contributed by atoms with van der Waals surface area (Å²) in [6, 6.07) is 15.0. The molecule has 0 bridgehead atoms. The second kappa shape index (κ2) is 9.55. The molecular weight excluding hydrogens is 392 g/mol. The highest BCUT2D eigenvalue weighted by Crippen LogP contribution is 2.40. The Morgan fingerprint density at radius 2 is 1.81 bits per heavy atom. The number of carbonyl (C=O) groups is 2. The molecule has 0 saturated heterocycles. The molecule has 162 valence electrons. The summed E-state index contributed by atoms with van der Waals surface area (Å²) in [7, 11) is 1.35. The first-order chi connectivity index (χ1) is 15.0. The molecule has 7 heteroatoms. The fraction of sp³-hybridized carbons (Fsp3) is 0.333. The van der Waals surface area contributed by atoms with Crippen LogP contribution >= 0.6 is 0 Å². The highest BCUT2D eigenvalue weighted by Gasteiger charge is 2.35. The van der Waals surface area contributed by atoms with Gasteiger partial charge in [0.15, 0.2) is 0 Å². The van der Waals surface area contributed by atoms with Crippen molar-refractivity contribution in [1.29, 1.82) is 0 Å². The van der Waals surface area contributed by atoms with Gasteiger partial charge in [0.05, 0.1) is 24.9 Å². The van der Waals surface area contributed by atoms with Crippen molar-refractivity contribution in [2.75, 3.05) is 18.6 Å². The zero-order chi connectivity index (χ0) is 22.5. The maximum atomic E-state index is 12.2. The molecule has 1 unspecified atom stereocenters. The van der Waals surface area contributed by atoms with E-state index in [0.29, 0.717) is 12.1 Å². The van der Waals surface area contributed by atoms with Crippen LogP contribution in [0.15, 0.2) is 54.7 Å². The highest BCUT2D eigenvalue weighted by atomic mass is 16.5. The standard InChI is InChI=1S/C22H22N4O3.C2H6/c1-14-12-25(15(2)27)20-10-9-17(22(28)29-3)11-18(20)21(14)26-13-19(23-24-26)16-7-5-4-6-8-16;1-2/h4-11,13-14,21H,12H2,1-3H3;1-2H3/t14-,21?;/m1./s1. The number of rotatable bonds is 3. The molecule has 1 aliphatic rings. The zero-order valence-corrected chi connectivity index (χ0v) is 18.6. The third kappa shape index (κ3) is 4.35. The van der Waals surface area contributed by atoms with E-state index < -0.39 is 5.97 Å². The third-order valence-corrected chi connectivity index (χ3v) is 5.31. The number of carbonyl (C=O) groups excluding carboxylic acids is 2. The monoisotopic (exact) mass is 420 g/mol. The van der Waals surface area contributed by atoms with E-state index in [9.17, 15) is 9.59 Å². The van der Waals surface area contributed by atoms with Crippen molar-refractivity contribution < 1.29 is 14.3 Å². The molecule has 7 nitrogen and oxygen atoms in total. The number of anilines is 1. The van der Waals surface area contributed by atoms with E-state index in [1.807, 2.05) is 55.1 Å². The van der Waals surface area contributed by atoms with Crippen molar-refractivity contribution in [3.63, 3.8) is 0 Å². The normalized spacial score (nSPS) is 17.3. The van der Waals surface area contributed by atoms with Gasteiger partial charge in [0, 0.05) is 36.2 Å². The fourth-order valence-electron chi connectivity index (χ4n) is 3.93. The van der Waals surface area contributed by atoms with Gasteiger partial charge in [-0.1, -0.05) is 56.3 Å². The number of benzene rings is 2. The van der Waals surface area contributed by atoms with Crippen LogP contribution < -0.4 is 4.90 Å². The Labute approximate surface area is 182 Å². The van der Waals surface area contributed by atoms with Gasteiger partial charge >= 0.3 is 5.97 Å². The number of ether oxygens (including phenoxy) is 1. The number of hydrogen-bond acceptors (Lipinski definition) is 5. The Morgan fingerprint density at radius 3 is 2.45 bits per heavy atom. The van der Waals surface area contributed by atoms with Gasteiger partial charge in [-0.25, -0.2) is 9.48 Å². The first-order valence-corrected chi connectivity index (χ1v) is 10.5. The SMILES string of the molecule is CC.COC(=O)c1ccc2c(c1)C(n1cc(-c3ccccc3)nn1)[C@H](C)CN2C(C)=O. The highest BCUT2D eigenvalue weighted by molar-refractivity contribution is 5.95. The number of fused-ring (bicyclic) bond motifs is 1. The van der Waals surface area contributed by atoms with E-state index in [2.05, 4.69) is 17.2 Å². The van der Waals surface area contributed by atoms with Crippen LogP contribution in [-0.2, 0) is 9.53 Å². The molecule has 1 amide bonds. The maximum Gasteiger partial charge on any atom is 0.337 e. The molecule has 2 aromatic carbocycles. The molecule has 1 aliphatic heterocycles. The lowest BCUT2D eigenvalue weighted by Crippen LogP contribution is -2.41. The van der Waals surface area contributed by atoms with Crippen molar-refractivity contribution in [2.24, 2.45) is 5.92 Å². The molecule has 1 aromatic heterocycles. The number of aromatic nitrogens is 3. The van der Waals surface area contributed by atoms with Crippen LogP contribution in [0.1, 0.15) is 49.7 Å². The number of hydrogen-bond donors (Lipinski definition) is 0. The Hall–Kier alpha value is -3.48. The minimum absolute atomic E-state index is 0.0362. The van der Waals surface area contributed by atoms with Crippen molar-refractivity contribution >= 4 is 17.6 Å². The number of methoxy groups -OCH3 is 1. The van der Waals surface area contributed by atoms with E-state index in [1.54, 1.807) is 30.0 Å². The van der Waals surface area contributed by atoms with Crippen molar-refractivity contribution in [3.8, 4) is 11.3 Å². The summed E-state index contributed by atoms with van der Waals surface area (Å²) in [6.45, 7) is 8.18. The van der Waals surface area contributed by atoms with E-state index in [4.69, 9.17) is 4.74 Å². The summed E-state index contributed by atoms with van der Waals surface area (Å²) in [5, 5.41) is 8.71. The molecule has 0 spiro atoms. The Kier molecular flexibility index (Phi) is 6.84. The molecule has 3 aromatic rings. The molecule has 0 fully saturated rings. The molecule has 31 heavy (non-hydrogen) atoms. The minimum Gasteiger partial charge on any atom is -0.465 e. The molecule has 2 atom stereocenters. The van der Waals surface area contributed by atoms with E-state index in [-0.39, 0.29) is 17.9 Å². The van der Waals surface area contributed by atoms with Crippen LogP contribution in [0.5, 0.6) is 0 Å². The van der Waals surface area contributed by atoms with Crippen LogP contribution in [0.2, 0.25) is 0 Å². The molecular formula is C24H28N4O3. The van der Waals surface area contributed by atoms with Crippen LogP contribution in [0.4, 0.5) is 5.69 Å². The quantitative estimate of drug-likeness (QED) is 0.589. The molecule has 0 radical (unpaired) electrons. The van der Waals surface area contributed by atoms with E-state index in [0.717, 1.165) is 22.5 Å². The van der Waals surface area contributed by atoms with Gasteiger partial charge in [0.2, 0.25) is 5.91 Å². The second-order valence-corrected chi connectivity index (χ2v) is 7.27.